The lowest BCUT2D eigenvalue weighted by Gasteiger charge is -2.15. The third-order valence-corrected chi connectivity index (χ3v) is 6.37. The van der Waals surface area contributed by atoms with Crippen LogP contribution in [0.25, 0.3) is 21.9 Å². The normalized spacial score (nSPS) is 10.9. The van der Waals surface area contributed by atoms with E-state index in [9.17, 15) is 15.0 Å². The molecule has 0 radical (unpaired) electrons. The molecule has 0 fully saturated rings. The number of aromatic hydroxyl groups is 2. The van der Waals surface area contributed by atoms with Crippen molar-refractivity contribution in [2.75, 3.05) is 0 Å². The molecule has 0 heterocycles. The number of hydrogen-bond donors (Lipinski definition) is 2. The second kappa shape index (κ2) is 11.1. The lowest BCUT2D eigenvalue weighted by Crippen LogP contribution is -2.08. The summed E-state index contributed by atoms with van der Waals surface area (Å²) < 4.78 is 11.8. The van der Waals surface area contributed by atoms with Crippen LogP contribution >= 0.6 is 0 Å². The lowest BCUT2D eigenvalue weighted by molar-refractivity contribution is -0.134. The third kappa shape index (κ3) is 5.95. The van der Waals surface area contributed by atoms with Gasteiger partial charge < -0.3 is 19.7 Å². The molecule has 0 unspecified atom stereocenters. The van der Waals surface area contributed by atoms with E-state index in [1.165, 1.54) is 0 Å². The Hall–Kier alpha value is -4.77. The van der Waals surface area contributed by atoms with E-state index in [-0.39, 0.29) is 17.5 Å². The molecule has 5 heteroatoms. The molecule has 5 nitrogen and oxygen atoms in total. The number of fused-ring (bicyclic) bond motifs is 1. The van der Waals surface area contributed by atoms with Crippen molar-refractivity contribution < 1.29 is 24.5 Å². The first kappa shape index (κ1) is 24.9. The molecule has 5 rings (SSSR count). The number of benzene rings is 5. The molecule has 38 heavy (non-hydrogen) atoms. The number of phenolic OH excluding ortho intramolecular Hbond substituents is 2. The standard InChI is InChI=1S/C33H28O5/c1-22-5-15-28(16-6-22)37-32(36)4-2-3-23-7-17-29(18-8-23)38-33-30(24-9-12-26(34)13-10-24)19-11-25-21-27(35)14-20-31(25)33/h5-21,34-35H,2-4H2,1H3. The van der Waals surface area contributed by atoms with Gasteiger partial charge in [-0.2, -0.15) is 0 Å². The van der Waals surface area contributed by atoms with Crippen molar-refractivity contribution in [2.45, 2.75) is 26.2 Å². The molecule has 0 amide bonds. The van der Waals surface area contributed by atoms with E-state index in [2.05, 4.69) is 0 Å². The first-order valence-corrected chi connectivity index (χ1v) is 12.5. The maximum absolute atomic E-state index is 12.2. The number of rotatable bonds is 8. The summed E-state index contributed by atoms with van der Waals surface area (Å²) in [5, 5.41) is 21.4. The number of carbonyl (C=O) groups is 1. The van der Waals surface area contributed by atoms with Gasteiger partial charge in [0.2, 0.25) is 0 Å². The Morgan fingerprint density at radius 3 is 2.16 bits per heavy atom. The highest BCUT2D eigenvalue weighted by Gasteiger charge is 2.13. The number of carbonyl (C=O) groups excluding carboxylic acids is 1. The van der Waals surface area contributed by atoms with Gasteiger partial charge in [-0.25, -0.2) is 0 Å². The van der Waals surface area contributed by atoms with E-state index in [1.807, 2.05) is 73.7 Å². The smallest absolute Gasteiger partial charge is 0.311 e. The minimum atomic E-state index is -0.238. The molecule has 0 bridgehead atoms. The van der Waals surface area contributed by atoms with Gasteiger partial charge in [-0.05, 0) is 96.9 Å². The van der Waals surface area contributed by atoms with Gasteiger partial charge in [0, 0.05) is 17.4 Å². The molecule has 0 spiro atoms. The van der Waals surface area contributed by atoms with Crippen molar-refractivity contribution in [2.24, 2.45) is 0 Å². The zero-order valence-corrected chi connectivity index (χ0v) is 21.1. The first-order valence-electron chi connectivity index (χ1n) is 12.5. The maximum atomic E-state index is 12.2. The monoisotopic (exact) mass is 504 g/mol. The summed E-state index contributed by atoms with van der Waals surface area (Å²) in [6, 6.07) is 31.3. The van der Waals surface area contributed by atoms with E-state index in [4.69, 9.17) is 9.47 Å². The Balaban J connectivity index is 1.28. The summed E-state index contributed by atoms with van der Waals surface area (Å²) in [7, 11) is 0. The van der Waals surface area contributed by atoms with E-state index in [0.717, 1.165) is 39.4 Å². The van der Waals surface area contributed by atoms with Gasteiger partial charge in [-0.3, -0.25) is 4.79 Å². The molecule has 0 aromatic heterocycles. The zero-order valence-electron chi connectivity index (χ0n) is 21.1. The van der Waals surface area contributed by atoms with Gasteiger partial charge in [-0.15, -0.1) is 0 Å². The Labute approximate surface area is 221 Å². The largest absolute Gasteiger partial charge is 0.508 e. The van der Waals surface area contributed by atoms with Crippen LogP contribution in [0.2, 0.25) is 0 Å². The predicted molar refractivity (Wildman–Crippen MR) is 149 cm³/mol. The van der Waals surface area contributed by atoms with Gasteiger partial charge >= 0.3 is 5.97 Å². The van der Waals surface area contributed by atoms with Gasteiger partial charge in [0.25, 0.3) is 0 Å². The summed E-state index contributed by atoms with van der Waals surface area (Å²) in [6.07, 6.45) is 1.77. The molecule has 0 aliphatic heterocycles. The summed E-state index contributed by atoms with van der Waals surface area (Å²) >= 11 is 0. The van der Waals surface area contributed by atoms with Crippen LogP contribution in [0, 0.1) is 6.92 Å². The predicted octanol–water partition coefficient (Wildman–Crippen LogP) is 7.95. The lowest BCUT2D eigenvalue weighted by atomic mass is 9.99. The topological polar surface area (TPSA) is 76.0 Å². The molecule has 0 saturated carbocycles. The van der Waals surface area contributed by atoms with Crippen LogP contribution in [0.15, 0.2) is 103 Å². The van der Waals surface area contributed by atoms with Crippen LogP contribution in [-0.4, -0.2) is 16.2 Å². The number of ether oxygens (including phenoxy) is 2. The Morgan fingerprint density at radius 1 is 0.737 bits per heavy atom. The van der Waals surface area contributed by atoms with E-state index in [0.29, 0.717) is 30.1 Å². The fourth-order valence-corrected chi connectivity index (χ4v) is 4.33. The highest BCUT2D eigenvalue weighted by molar-refractivity contribution is 5.96. The van der Waals surface area contributed by atoms with Crippen LogP contribution in [0.1, 0.15) is 24.0 Å². The first-order chi connectivity index (χ1) is 18.4. The van der Waals surface area contributed by atoms with Crippen LogP contribution < -0.4 is 9.47 Å². The second-order valence-electron chi connectivity index (χ2n) is 9.28. The summed E-state index contributed by atoms with van der Waals surface area (Å²) in [5.41, 5.74) is 4.00. The third-order valence-electron chi connectivity index (χ3n) is 6.37. The minimum absolute atomic E-state index is 0.188. The van der Waals surface area contributed by atoms with E-state index >= 15 is 0 Å². The number of phenols is 2. The number of esters is 1. The zero-order chi connectivity index (χ0) is 26.5. The number of hydrogen-bond acceptors (Lipinski definition) is 5. The quantitative estimate of drug-likeness (QED) is 0.166. The summed E-state index contributed by atoms with van der Waals surface area (Å²) in [6.45, 7) is 1.99. The average molecular weight is 505 g/mol. The average Bonchev–Trinajstić information content (AvgIpc) is 2.91. The molecular formula is C33H28O5. The highest BCUT2D eigenvalue weighted by Crippen LogP contribution is 2.41. The molecule has 2 N–H and O–H groups in total. The fraction of sp³-hybridized carbons (Fsp3) is 0.121. The Kier molecular flexibility index (Phi) is 7.27. The molecule has 0 aliphatic rings. The molecule has 5 aromatic carbocycles. The van der Waals surface area contributed by atoms with Crippen LogP contribution in [0.5, 0.6) is 28.7 Å². The van der Waals surface area contributed by atoms with Crippen molar-refractivity contribution in [3.05, 3.63) is 114 Å². The van der Waals surface area contributed by atoms with E-state index < -0.39 is 0 Å². The fourth-order valence-electron chi connectivity index (χ4n) is 4.33. The van der Waals surface area contributed by atoms with Gasteiger partial charge in [0.1, 0.15) is 28.7 Å². The van der Waals surface area contributed by atoms with Crippen LogP contribution in [0.3, 0.4) is 0 Å². The minimum Gasteiger partial charge on any atom is -0.508 e. The second-order valence-corrected chi connectivity index (χ2v) is 9.28. The van der Waals surface area contributed by atoms with Gasteiger partial charge in [0.05, 0.1) is 0 Å². The molecule has 190 valence electrons. The van der Waals surface area contributed by atoms with Gasteiger partial charge in [0.15, 0.2) is 0 Å². The van der Waals surface area contributed by atoms with Crippen molar-refractivity contribution in [3.63, 3.8) is 0 Å². The molecule has 5 aromatic rings. The summed E-state index contributed by atoms with van der Waals surface area (Å²) in [5.74, 6) is 2.05. The SMILES string of the molecule is Cc1ccc(OC(=O)CCCc2ccc(Oc3c(-c4ccc(O)cc4)ccc4cc(O)ccc34)cc2)cc1. The Bertz CT molecular complexity index is 1550. The molecule has 0 aliphatic carbocycles. The molecule has 0 saturated heterocycles. The van der Waals surface area contributed by atoms with Gasteiger partial charge in [-0.1, -0.05) is 48.0 Å². The molecule has 0 atom stereocenters. The number of aryl methyl sites for hydroxylation is 2. The molecular weight excluding hydrogens is 476 g/mol. The summed E-state index contributed by atoms with van der Waals surface area (Å²) in [4.78, 5) is 12.2. The van der Waals surface area contributed by atoms with Crippen LogP contribution in [0.4, 0.5) is 0 Å². The maximum Gasteiger partial charge on any atom is 0.311 e. The van der Waals surface area contributed by atoms with Crippen LogP contribution in [-0.2, 0) is 11.2 Å². The van der Waals surface area contributed by atoms with E-state index in [1.54, 1.807) is 36.4 Å². The van der Waals surface area contributed by atoms with Crippen molar-refractivity contribution in [1.29, 1.82) is 0 Å². The highest BCUT2D eigenvalue weighted by atomic mass is 16.5. The van der Waals surface area contributed by atoms with Crippen molar-refractivity contribution in [3.8, 4) is 39.9 Å². The van der Waals surface area contributed by atoms with Crippen molar-refractivity contribution in [1.82, 2.24) is 0 Å². The Morgan fingerprint density at radius 2 is 1.42 bits per heavy atom. The van der Waals surface area contributed by atoms with Crippen molar-refractivity contribution >= 4 is 16.7 Å².